The molecule has 1 aromatic carbocycles. The second-order valence-electron chi connectivity index (χ2n) is 5.63. The summed E-state index contributed by atoms with van der Waals surface area (Å²) < 4.78 is 16.6. The first-order valence-electron chi connectivity index (χ1n) is 7.42. The van der Waals surface area contributed by atoms with Crippen LogP contribution in [0.3, 0.4) is 0 Å². The van der Waals surface area contributed by atoms with E-state index in [-0.39, 0.29) is 5.75 Å². The minimum atomic E-state index is -0.659. The van der Waals surface area contributed by atoms with E-state index < -0.39 is 5.60 Å². The van der Waals surface area contributed by atoms with Crippen molar-refractivity contribution in [2.45, 2.75) is 31.8 Å². The van der Waals surface area contributed by atoms with Crippen molar-refractivity contribution in [3.8, 4) is 17.2 Å². The molecule has 1 fully saturated rings. The van der Waals surface area contributed by atoms with E-state index in [9.17, 15) is 5.11 Å². The van der Waals surface area contributed by atoms with Crippen molar-refractivity contribution in [2.75, 3.05) is 20.3 Å². The summed E-state index contributed by atoms with van der Waals surface area (Å²) in [7, 11) is 1.63. The van der Waals surface area contributed by atoms with Crippen molar-refractivity contribution in [1.82, 2.24) is 10.1 Å². The van der Waals surface area contributed by atoms with Gasteiger partial charge in [-0.05, 0) is 37.8 Å². The molecule has 1 atom stereocenters. The van der Waals surface area contributed by atoms with Gasteiger partial charge in [0.25, 0.3) is 5.89 Å². The van der Waals surface area contributed by atoms with E-state index in [4.69, 9.17) is 14.0 Å². The maximum Gasteiger partial charge on any atom is 0.261 e. The number of methoxy groups -OCH3 is 1. The molecule has 0 radical (unpaired) electrons. The van der Waals surface area contributed by atoms with Gasteiger partial charge in [-0.1, -0.05) is 17.3 Å². The summed E-state index contributed by atoms with van der Waals surface area (Å²) in [5.41, 5.74) is 0.633. The monoisotopic (exact) mass is 304 g/mol. The number of ether oxygens (including phenoxy) is 2. The average Bonchev–Trinajstić information content (AvgIpc) is 3.02. The molecule has 2 aromatic rings. The van der Waals surface area contributed by atoms with E-state index in [1.54, 1.807) is 13.2 Å². The van der Waals surface area contributed by atoms with Crippen LogP contribution in [0.25, 0.3) is 11.5 Å². The number of benzene rings is 1. The first-order chi connectivity index (χ1) is 10.7. The molecule has 3 rings (SSSR count). The van der Waals surface area contributed by atoms with E-state index >= 15 is 0 Å². The lowest BCUT2D eigenvalue weighted by molar-refractivity contribution is -0.127. The van der Waals surface area contributed by atoms with Crippen LogP contribution in [-0.2, 0) is 15.1 Å². The van der Waals surface area contributed by atoms with Crippen LogP contribution in [0.2, 0.25) is 0 Å². The van der Waals surface area contributed by atoms with Crippen LogP contribution in [0, 0.1) is 6.92 Å². The topological polar surface area (TPSA) is 77.6 Å². The number of hydrogen-bond donors (Lipinski definition) is 1. The molecule has 1 aromatic heterocycles. The van der Waals surface area contributed by atoms with Crippen molar-refractivity contribution in [3.63, 3.8) is 0 Å². The second kappa shape index (κ2) is 6.06. The van der Waals surface area contributed by atoms with Gasteiger partial charge in [0, 0.05) is 13.7 Å². The van der Waals surface area contributed by atoms with Gasteiger partial charge in [-0.25, -0.2) is 0 Å². The Morgan fingerprint density at radius 3 is 2.95 bits per heavy atom. The predicted molar refractivity (Wildman–Crippen MR) is 79.5 cm³/mol. The Hall–Kier alpha value is -1.92. The lowest BCUT2D eigenvalue weighted by atomic mass is 9.94. The lowest BCUT2D eigenvalue weighted by Gasteiger charge is -2.33. The Bertz CT molecular complexity index is 642. The Morgan fingerprint density at radius 2 is 2.23 bits per heavy atom. The number of aromatic hydroxyl groups is 1. The zero-order chi connectivity index (χ0) is 15.6. The van der Waals surface area contributed by atoms with Crippen molar-refractivity contribution >= 4 is 0 Å². The zero-order valence-corrected chi connectivity index (χ0v) is 12.8. The molecule has 6 heteroatoms. The Morgan fingerprint density at radius 1 is 1.36 bits per heavy atom. The molecule has 118 valence electrons. The van der Waals surface area contributed by atoms with Gasteiger partial charge in [0.15, 0.2) is 5.60 Å². The summed E-state index contributed by atoms with van der Waals surface area (Å²) in [5, 5.41) is 14.2. The molecule has 1 N–H and O–H groups in total. The van der Waals surface area contributed by atoms with Crippen LogP contribution in [0.15, 0.2) is 22.7 Å². The van der Waals surface area contributed by atoms with Crippen molar-refractivity contribution in [1.29, 1.82) is 0 Å². The highest BCUT2D eigenvalue weighted by Crippen LogP contribution is 2.36. The van der Waals surface area contributed by atoms with Crippen LogP contribution in [0.5, 0.6) is 5.75 Å². The number of phenols is 1. The van der Waals surface area contributed by atoms with Crippen LogP contribution in [0.4, 0.5) is 0 Å². The van der Waals surface area contributed by atoms with Crippen LogP contribution < -0.4 is 0 Å². The molecule has 0 bridgehead atoms. The largest absolute Gasteiger partial charge is 0.507 e. The third kappa shape index (κ3) is 2.60. The van der Waals surface area contributed by atoms with Gasteiger partial charge < -0.3 is 19.1 Å². The number of nitrogens with zero attached hydrogens (tertiary/aromatic N) is 2. The highest BCUT2D eigenvalue weighted by atomic mass is 16.5. The molecule has 0 saturated carbocycles. The fourth-order valence-corrected chi connectivity index (χ4v) is 2.79. The van der Waals surface area contributed by atoms with Gasteiger partial charge in [0.05, 0.1) is 12.2 Å². The SMILES string of the molecule is COCC1(c2noc(-c3cccc(C)c3O)n2)CCCCO1. The number of phenolic OH excluding ortho intramolecular Hbond substituents is 1. The van der Waals surface area contributed by atoms with E-state index in [2.05, 4.69) is 10.1 Å². The van der Waals surface area contributed by atoms with E-state index in [0.717, 1.165) is 24.8 Å². The minimum Gasteiger partial charge on any atom is -0.507 e. The minimum absolute atomic E-state index is 0.156. The molecule has 0 aliphatic carbocycles. The predicted octanol–water partition coefficient (Wildman–Crippen LogP) is 2.79. The Balaban J connectivity index is 1.97. The Kier molecular flexibility index (Phi) is 4.13. The van der Waals surface area contributed by atoms with Gasteiger partial charge in [0.1, 0.15) is 5.75 Å². The summed E-state index contributed by atoms with van der Waals surface area (Å²) >= 11 is 0. The molecule has 0 spiro atoms. The number of para-hydroxylation sites is 1. The quantitative estimate of drug-likeness (QED) is 0.936. The fraction of sp³-hybridized carbons (Fsp3) is 0.500. The zero-order valence-electron chi connectivity index (χ0n) is 12.8. The third-order valence-corrected chi connectivity index (χ3v) is 4.03. The second-order valence-corrected chi connectivity index (χ2v) is 5.63. The highest BCUT2D eigenvalue weighted by molar-refractivity contribution is 5.64. The smallest absolute Gasteiger partial charge is 0.261 e. The van der Waals surface area contributed by atoms with Gasteiger partial charge in [-0.15, -0.1) is 0 Å². The van der Waals surface area contributed by atoms with Crippen LogP contribution >= 0.6 is 0 Å². The average molecular weight is 304 g/mol. The number of rotatable bonds is 4. The molecule has 2 heterocycles. The normalized spacial score (nSPS) is 21.9. The van der Waals surface area contributed by atoms with Gasteiger partial charge >= 0.3 is 0 Å². The molecule has 1 unspecified atom stereocenters. The number of hydrogen-bond acceptors (Lipinski definition) is 6. The van der Waals surface area contributed by atoms with E-state index in [1.165, 1.54) is 0 Å². The van der Waals surface area contributed by atoms with Gasteiger partial charge in [-0.2, -0.15) is 4.98 Å². The highest BCUT2D eigenvalue weighted by Gasteiger charge is 2.40. The summed E-state index contributed by atoms with van der Waals surface area (Å²) in [4.78, 5) is 4.45. The molecule has 1 aliphatic heterocycles. The standard InChI is InChI=1S/C16H20N2O4/c1-11-6-5-7-12(13(11)19)14-17-15(18-22-14)16(10-20-2)8-3-4-9-21-16/h5-7,19H,3-4,8-10H2,1-2H3. The number of aryl methyl sites for hydroxylation is 1. The van der Waals surface area contributed by atoms with E-state index in [1.807, 2.05) is 19.1 Å². The molecule has 1 aliphatic rings. The van der Waals surface area contributed by atoms with Crippen molar-refractivity contribution < 1.29 is 19.1 Å². The molecule has 22 heavy (non-hydrogen) atoms. The first kappa shape index (κ1) is 15.0. The summed E-state index contributed by atoms with van der Waals surface area (Å²) in [6.45, 7) is 2.86. The molecular weight excluding hydrogens is 284 g/mol. The molecule has 1 saturated heterocycles. The first-order valence-corrected chi connectivity index (χ1v) is 7.42. The van der Waals surface area contributed by atoms with Crippen LogP contribution in [-0.4, -0.2) is 35.6 Å². The fourth-order valence-electron chi connectivity index (χ4n) is 2.79. The van der Waals surface area contributed by atoms with Crippen LogP contribution in [0.1, 0.15) is 30.7 Å². The molecule has 6 nitrogen and oxygen atoms in total. The lowest BCUT2D eigenvalue weighted by Crippen LogP contribution is -2.39. The maximum atomic E-state index is 10.2. The van der Waals surface area contributed by atoms with Gasteiger partial charge in [0.2, 0.25) is 5.82 Å². The summed E-state index contributed by atoms with van der Waals surface area (Å²) in [6.07, 6.45) is 2.84. The van der Waals surface area contributed by atoms with Gasteiger partial charge in [-0.3, -0.25) is 0 Å². The van der Waals surface area contributed by atoms with Crippen molar-refractivity contribution in [3.05, 3.63) is 29.6 Å². The summed E-state index contributed by atoms with van der Waals surface area (Å²) in [6, 6.07) is 5.42. The van der Waals surface area contributed by atoms with E-state index in [0.29, 0.717) is 30.5 Å². The third-order valence-electron chi connectivity index (χ3n) is 4.03. The number of aromatic nitrogens is 2. The maximum absolute atomic E-state index is 10.2. The molecule has 0 amide bonds. The molecular formula is C16H20N2O4. The summed E-state index contributed by atoms with van der Waals surface area (Å²) in [5.74, 6) is 0.925. The Labute approximate surface area is 129 Å². The van der Waals surface area contributed by atoms with Crippen molar-refractivity contribution in [2.24, 2.45) is 0 Å².